The molecule has 2 aromatic heterocycles. The molecule has 1 fully saturated rings. The van der Waals surface area contributed by atoms with E-state index in [1.165, 1.54) is 0 Å². The Kier molecular flexibility index (Phi) is 4.05. The summed E-state index contributed by atoms with van der Waals surface area (Å²) in [6.07, 6.45) is 3.26. The molecule has 0 N–H and O–H groups in total. The number of pyridine rings is 1. The van der Waals surface area contributed by atoms with E-state index in [0.717, 1.165) is 29.8 Å². The normalized spacial score (nSPS) is 15.0. The lowest BCUT2D eigenvalue weighted by atomic mass is 10.2. The van der Waals surface area contributed by atoms with Crippen LogP contribution in [0.5, 0.6) is 0 Å². The highest BCUT2D eigenvalue weighted by atomic mass is 35.5. The van der Waals surface area contributed by atoms with Gasteiger partial charge in [0.2, 0.25) is 0 Å². The first-order valence-corrected chi connectivity index (χ1v) is 8.56. The first-order chi connectivity index (χ1) is 12.1. The predicted molar refractivity (Wildman–Crippen MR) is 98.1 cm³/mol. The van der Waals surface area contributed by atoms with Crippen LogP contribution in [0.25, 0.3) is 10.9 Å². The molecule has 0 bridgehead atoms. The maximum absolute atomic E-state index is 12.6. The molecule has 0 spiro atoms. The number of nitrogens with zero attached hydrogens (tertiary/aromatic N) is 5. The monoisotopic (exact) mass is 355 g/mol. The summed E-state index contributed by atoms with van der Waals surface area (Å²) in [6.45, 7) is 2.86. The van der Waals surface area contributed by atoms with Gasteiger partial charge in [-0.2, -0.15) is 0 Å². The average molecular weight is 356 g/mol. The fourth-order valence-electron chi connectivity index (χ4n) is 3.13. The first-order valence-electron chi connectivity index (χ1n) is 8.19. The van der Waals surface area contributed by atoms with E-state index in [1.54, 1.807) is 17.1 Å². The van der Waals surface area contributed by atoms with Gasteiger partial charge in [-0.3, -0.25) is 4.79 Å². The highest BCUT2D eigenvalue weighted by Crippen LogP contribution is 2.22. The minimum Gasteiger partial charge on any atom is -0.353 e. The van der Waals surface area contributed by atoms with Crippen molar-refractivity contribution in [3.8, 4) is 0 Å². The molecule has 1 aliphatic rings. The van der Waals surface area contributed by atoms with Crippen molar-refractivity contribution >= 4 is 34.2 Å². The van der Waals surface area contributed by atoms with Gasteiger partial charge in [0.1, 0.15) is 11.5 Å². The van der Waals surface area contributed by atoms with Crippen LogP contribution < -0.4 is 4.90 Å². The first kappa shape index (κ1) is 15.9. The van der Waals surface area contributed by atoms with Gasteiger partial charge in [-0.1, -0.05) is 11.6 Å². The van der Waals surface area contributed by atoms with Crippen LogP contribution in [-0.4, -0.2) is 51.5 Å². The van der Waals surface area contributed by atoms with E-state index in [1.807, 2.05) is 42.3 Å². The molecule has 4 rings (SSSR count). The minimum absolute atomic E-state index is 0.0285. The second kappa shape index (κ2) is 6.37. The molecule has 128 valence electrons. The van der Waals surface area contributed by atoms with Crippen LogP contribution in [0, 0.1) is 0 Å². The zero-order valence-corrected chi connectivity index (χ0v) is 14.6. The minimum atomic E-state index is 0.0285. The molecule has 0 atom stereocenters. The van der Waals surface area contributed by atoms with Crippen molar-refractivity contribution in [3.05, 3.63) is 53.6 Å². The summed E-state index contributed by atoms with van der Waals surface area (Å²) in [6, 6.07) is 9.75. The highest BCUT2D eigenvalue weighted by molar-refractivity contribution is 6.31. The van der Waals surface area contributed by atoms with Crippen LogP contribution in [-0.2, 0) is 7.05 Å². The molecule has 1 saturated heterocycles. The van der Waals surface area contributed by atoms with Crippen LogP contribution in [0.15, 0.2) is 42.9 Å². The molecule has 1 aromatic carbocycles. The molecule has 3 aromatic rings. The predicted octanol–water partition coefficient (Wildman–Crippen LogP) is 2.58. The summed E-state index contributed by atoms with van der Waals surface area (Å²) in [7, 11) is 1.84. The van der Waals surface area contributed by atoms with Crippen LogP contribution in [0.1, 0.15) is 10.5 Å². The number of halogens is 1. The van der Waals surface area contributed by atoms with Crippen molar-refractivity contribution in [1.29, 1.82) is 0 Å². The van der Waals surface area contributed by atoms with Crippen LogP contribution in [0.3, 0.4) is 0 Å². The average Bonchev–Trinajstić information content (AvgIpc) is 3.07. The summed E-state index contributed by atoms with van der Waals surface area (Å²) in [5.74, 6) is 0.961. The number of piperazine rings is 1. The van der Waals surface area contributed by atoms with Crippen LogP contribution >= 0.6 is 11.6 Å². The summed E-state index contributed by atoms with van der Waals surface area (Å²) in [5, 5.41) is 1.74. The third-order valence-electron chi connectivity index (χ3n) is 4.56. The zero-order valence-electron chi connectivity index (χ0n) is 13.9. The van der Waals surface area contributed by atoms with Gasteiger partial charge in [0.25, 0.3) is 5.91 Å². The Hall–Kier alpha value is -2.60. The Morgan fingerprint density at radius 2 is 1.92 bits per heavy atom. The fourth-order valence-corrected chi connectivity index (χ4v) is 3.31. The van der Waals surface area contributed by atoms with E-state index < -0.39 is 0 Å². The number of carbonyl (C=O) groups excluding carboxylic acids is 1. The van der Waals surface area contributed by atoms with Gasteiger partial charge < -0.3 is 14.4 Å². The largest absolute Gasteiger partial charge is 0.353 e. The topological polar surface area (TPSA) is 54.3 Å². The quantitative estimate of drug-likeness (QED) is 0.709. The van der Waals surface area contributed by atoms with E-state index >= 15 is 0 Å². The van der Waals surface area contributed by atoms with Crippen LogP contribution in [0.2, 0.25) is 5.02 Å². The molecule has 7 heteroatoms. The van der Waals surface area contributed by atoms with Crippen molar-refractivity contribution < 1.29 is 4.79 Å². The number of aryl methyl sites for hydroxylation is 1. The van der Waals surface area contributed by atoms with Crippen molar-refractivity contribution in [2.45, 2.75) is 0 Å². The number of imidazole rings is 1. The number of hydrogen-bond acceptors (Lipinski definition) is 4. The van der Waals surface area contributed by atoms with E-state index in [-0.39, 0.29) is 5.91 Å². The number of amides is 1. The Bertz CT molecular complexity index is 930. The number of benzene rings is 1. The van der Waals surface area contributed by atoms with Gasteiger partial charge in [0.05, 0.1) is 18.0 Å². The van der Waals surface area contributed by atoms with E-state index in [4.69, 9.17) is 16.6 Å². The summed E-state index contributed by atoms with van der Waals surface area (Å²) in [4.78, 5) is 25.4. The molecule has 1 amide bonds. The second-order valence-corrected chi connectivity index (χ2v) is 6.61. The number of fused-ring (bicyclic) bond motifs is 1. The van der Waals surface area contributed by atoms with Crippen molar-refractivity contribution in [1.82, 2.24) is 19.4 Å². The van der Waals surface area contributed by atoms with E-state index in [0.29, 0.717) is 23.8 Å². The highest BCUT2D eigenvalue weighted by Gasteiger charge is 2.24. The van der Waals surface area contributed by atoms with Crippen molar-refractivity contribution in [2.75, 3.05) is 31.1 Å². The Labute approximate surface area is 150 Å². The maximum Gasteiger partial charge on any atom is 0.272 e. The number of hydrogen-bond donors (Lipinski definition) is 0. The summed E-state index contributed by atoms with van der Waals surface area (Å²) < 4.78 is 1.75. The lowest BCUT2D eigenvalue weighted by molar-refractivity contribution is 0.0737. The van der Waals surface area contributed by atoms with Gasteiger partial charge in [-0.05, 0) is 30.3 Å². The third kappa shape index (κ3) is 3.05. The molecule has 25 heavy (non-hydrogen) atoms. The second-order valence-electron chi connectivity index (χ2n) is 6.18. The standard InChI is InChI=1S/C18H18ClN5O/c1-22-12-20-11-16(22)18(25)24-8-6-23(7-9-24)17-5-2-13-10-14(19)3-4-15(13)21-17/h2-5,10-12H,6-9H2,1H3. The number of rotatable bonds is 2. The molecule has 6 nitrogen and oxygen atoms in total. The molecule has 0 radical (unpaired) electrons. The molecular formula is C18H18ClN5O. The number of carbonyl (C=O) groups is 1. The lowest BCUT2D eigenvalue weighted by Gasteiger charge is -2.35. The number of aromatic nitrogens is 3. The van der Waals surface area contributed by atoms with Crippen molar-refractivity contribution in [3.63, 3.8) is 0 Å². The Balaban J connectivity index is 1.47. The van der Waals surface area contributed by atoms with E-state index in [2.05, 4.69) is 9.88 Å². The Morgan fingerprint density at radius 3 is 2.64 bits per heavy atom. The van der Waals surface area contributed by atoms with Crippen LogP contribution in [0.4, 0.5) is 5.82 Å². The molecule has 1 aliphatic heterocycles. The third-order valence-corrected chi connectivity index (χ3v) is 4.80. The van der Waals surface area contributed by atoms with Crippen molar-refractivity contribution in [2.24, 2.45) is 7.05 Å². The summed E-state index contributed by atoms with van der Waals surface area (Å²) in [5.41, 5.74) is 1.55. The number of anilines is 1. The molecule has 0 unspecified atom stereocenters. The SMILES string of the molecule is Cn1cncc1C(=O)N1CCN(c2ccc3cc(Cl)ccc3n2)CC1. The van der Waals surface area contributed by atoms with Gasteiger partial charge >= 0.3 is 0 Å². The maximum atomic E-state index is 12.6. The van der Waals surface area contributed by atoms with Gasteiger partial charge in [0, 0.05) is 43.6 Å². The Morgan fingerprint density at radius 1 is 1.12 bits per heavy atom. The molecule has 0 aliphatic carbocycles. The van der Waals surface area contributed by atoms with E-state index in [9.17, 15) is 4.79 Å². The van der Waals surface area contributed by atoms with Gasteiger partial charge in [-0.15, -0.1) is 0 Å². The fraction of sp³-hybridized carbons (Fsp3) is 0.278. The molecular weight excluding hydrogens is 338 g/mol. The molecule has 3 heterocycles. The summed E-state index contributed by atoms with van der Waals surface area (Å²) >= 11 is 6.02. The molecule has 0 saturated carbocycles. The van der Waals surface area contributed by atoms with Gasteiger partial charge in [-0.25, -0.2) is 9.97 Å². The van der Waals surface area contributed by atoms with Gasteiger partial charge in [0.15, 0.2) is 0 Å². The zero-order chi connectivity index (χ0) is 17.4. The smallest absolute Gasteiger partial charge is 0.272 e. The lowest BCUT2D eigenvalue weighted by Crippen LogP contribution is -2.49.